The molecule has 5 heteroatoms. The van der Waals surface area contributed by atoms with E-state index in [1.54, 1.807) is 18.2 Å². The number of carbonyl (C=O) groups is 1. The van der Waals surface area contributed by atoms with Gasteiger partial charge in [-0.2, -0.15) is 0 Å². The molecule has 1 aliphatic rings. The molecule has 39 heavy (non-hydrogen) atoms. The van der Waals surface area contributed by atoms with E-state index in [2.05, 4.69) is 121 Å². The number of carboxylic acids is 1. The molecule has 0 spiro atoms. The minimum absolute atomic E-state index is 0. The van der Waals surface area contributed by atoms with Gasteiger partial charge in [0.25, 0.3) is 0 Å². The molecule has 0 aromatic heterocycles. The van der Waals surface area contributed by atoms with Gasteiger partial charge in [-0.3, -0.25) is 0 Å². The van der Waals surface area contributed by atoms with Crippen LogP contribution in [0.1, 0.15) is 112 Å². The number of aromatic carboxylic acids is 1. The van der Waals surface area contributed by atoms with Crippen molar-refractivity contribution in [3.63, 3.8) is 0 Å². The maximum absolute atomic E-state index is 10.1. The first-order valence-electron chi connectivity index (χ1n) is 13.6. The van der Waals surface area contributed by atoms with Gasteiger partial charge >= 0.3 is 17.1 Å². The zero-order valence-corrected chi connectivity index (χ0v) is 25.3. The van der Waals surface area contributed by atoms with Crippen molar-refractivity contribution in [2.75, 3.05) is 9.80 Å². The van der Waals surface area contributed by atoms with Crippen molar-refractivity contribution in [2.24, 2.45) is 0 Å². The van der Waals surface area contributed by atoms with E-state index in [0.717, 1.165) is 0 Å². The summed E-state index contributed by atoms with van der Waals surface area (Å²) in [5.41, 5.74) is 8.27. The molecule has 0 N–H and O–H groups in total. The average molecular weight is 573 g/mol. The summed E-state index contributed by atoms with van der Waals surface area (Å²) in [6.07, 6.45) is 4.32. The molecule has 3 aromatic rings. The second-order valence-corrected chi connectivity index (χ2v) is 11.0. The maximum Gasteiger partial charge on any atom is 1.00 e. The molecule has 0 aliphatic carbocycles. The molecule has 0 unspecified atom stereocenters. The van der Waals surface area contributed by atoms with Gasteiger partial charge in [-0.15, -0.1) is 0 Å². The fraction of sp³-hybridized carbons (Fsp3) is 0.353. The van der Waals surface area contributed by atoms with Crippen LogP contribution in [0.2, 0.25) is 0 Å². The number of anilines is 2. The van der Waals surface area contributed by atoms with Crippen molar-refractivity contribution in [3.8, 4) is 0 Å². The topological polar surface area (TPSA) is 46.6 Å². The summed E-state index contributed by atoms with van der Waals surface area (Å²) in [7, 11) is 0. The van der Waals surface area contributed by atoms with Crippen molar-refractivity contribution in [1.82, 2.24) is 0 Å². The molecule has 0 amide bonds. The zero-order valence-electron chi connectivity index (χ0n) is 24.3. The smallest absolute Gasteiger partial charge is 0.545 e. The Morgan fingerprint density at radius 1 is 0.590 bits per heavy atom. The third-order valence-corrected chi connectivity index (χ3v) is 6.76. The maximum atomic E-state index is 10.1. The normalized spacial score (nSPS) is 12.7. The van der Waals surface area contributed by atoms with Gasteiger partial charge in [0.1, 0.15) is 0 Å². The van der Waals surface area contributed by atoms with Crippen LogP contribution in [0.5, 0.6) is 0 Å². The van der Waals surface area contributed by atoms with Gasteiger partial charge in [0.15, 0.2) is 0 Å². The number of hydrogen-bond acceptors (Lipinski definition) is 4. The Labute approximate surface area is 246 Å². The molecular weight excluding hydrogens is 532 g/mol. The minimum Gasteiger partial charge on any atom is -0.545 e. The number of benzene rings is 3. The van der Waals surface area contributed by atoms with Crippen LogP contribution in [-0.4, -0.2) is 5.97 Å². The summed E-state index contributed by atoms with van der Waals surface area (Å²) in [5.74, 6) is 0.712. The van der Waals surface area contributed by atoms with Crippen molar-refractivity contribution in [3.05, 3.63) is 114 Å². The molecule has 0 atom stereocenters. The van der Waals surface area contributed by atoms with E-state index < -0.39 is 5.97 Å². The fourth-order valence-corrected chi connectivity index (χ4v) is 4.72. The van der Waals surface area contributed by atoms with Gasteiger partial charge in [-0.05, 0) is 51.5 Å². The van der Waals surface area contributed by atoms with Crippen molar-refractivity contribution in [1.29, 1.82) is 0 Å². The molecule has 1 heterocycles. The van der Waals surface area contributed by atoms with Crippen LogP contribution in [0.3, 0.4) is 0 Å². The van der Waals surface area contributed by atoms with Gasteiger partial charge in [0.2, 0.25) is 6.67 Å². The van der Waals surface area contributed by atoms with E-state index in [1.165, 1.54) is 45.8 Å². The Morgan fingerprint density at radius 2 is 0.923 bits per heavy atom. The third-order valence-electron chi connectivity index (χ3n) is 6.76. The average Bonchev–Trinajstić information content (AvgIpc) is 3.38. The summed E-state index contributed by atoms with van der Waals surface area (Å²) in [6, 6.07) is 21.5. The summed E-state index contributed by atoms with van der Waals surface area (Å²) in [6.45, 7) is 21.8. The number of hydrogen-bond donors (Lipinski definition) is 0. The van der Waals surface area contributed by atoms with Crippen LogP contribution >= 0.6 is 0 Å². The van der Waals surface area contributed by atoms with Crippen molar-refractivity contribution >= 4 is 17.3 Å². The first kappa shape index (κ1) is 32.2. The van der Waals surface area contributed by atoms with E-state index in [-0.39, 0.29) is 22.6 Å². The Bertz CT molecular complexity index is 1130. The van der Waals surface area contributed by atoms with E-state index in [1.807, 2.05) is 0 Å². The SMILES string of the molecule is CC(C)c1cccc(C(C)C)c1N1[C]N(c2c(C(C)C)cccc2C(C)C)C=C1.O=C([O-])c1ccccc1.[Cu+]. The summed E-state index contributed by atoms with van der Waals surface area (Å²) in [5, 5.41) is 10.1. The third kappa shape index (κ3) is 7.77. The number of rotatable bonds is 7. The molecule has 1 aliphatic heterocycles. The monoisotopic (exact) mass is 572 g/mol. The molecule has 0 bridgehead atoms. The first-order valence-corrected chi connectivity index (χ1v) is 13.6. The molecule has 3 aromatic carbocycles. The molecule has 2 radical (unpaired) electrons. The van der Waals surface area contributed by atoms with E-state index in [4.69, 9.17) is 0 Å². The fourth-order valence-electron chi connectivity index (χ4n) is 4.72. The molecule has 4 rings (SSSR count). The van der Waals surface area contributed by atoms with E-state index in [0.29, 0.717) is 23.7 Å². The van der Waals surface area contributed by atoms with Crippen LogP contribution < -0.4 is 14.9 Å². The zero-order chi connectivity index (χ0) is 28.0. The summed E-state index contributed by atoms with van der Waals surface area (Å²) >= 11 is 0. The van der Waals surface area contributed by atoms with Crippen LogP contribution in [0.25, 0.3) is 0 Å². The standard InChI is InChI=1S/C27H36N2.C7H6O2.Cu/c1-18(2)22-11-9-12-23(19(3)4)26(22)28-15-16-29(17-28)27-24(20(5)6)13-10-14-25(27)21(7)8;8-7(9)6-4-2-1-3-5-6;/h9-16,18-21H,1-8H3;1-5H,(H,8,9);/q;;+1/p-1. The number of nitrogens with zero attached hydrogens (tertiary/aromatic N) is 2. The second kappa shape index (κ2) is 14.4. The van der Waals surface area contributed by atoms with Gasteiger partial charge in [-0.25, -0.2) is 0 Å². The van der Waals surface area contributed by atoms with Crippen molar-refractivity contribution in [2.45, 2.75) is 79.1 Å². The number of para-hydroxylation sites is 2. The van der Waals surface area contributed by atoms with Crippen LogP contribution in [0.15, 0.2) is 79.1 Å². The predicted octanol–water partition coefficient (Wildman–Crippen LogP) is 8.02. The van der Waals surface area contributed by atoms with Gasteiger partial charge in [-0.1, -0.05) is 122 Å². The van der Waals surface area contributed by atoms with Gasteiger partial charge < -0.3 is 19.7 Å². The predicted molar refractivity (Wildman–Crippen MR) is 157 cm³/mol. The second-order valence-electron chi connectivity index (χ2n) is 11.0. The Balaban J connectivity index is 0.000000453. The minimum atomic E-state index is -1.13. The number of carbonyl (C=O) groups excluding carboxylic acids is 1. The molecule has 0 saturated carbocycles. The Hall–Kier alpha value is -3.01. The molecule has 0 saturated heterocycles. The Kier molecular flexibility index (Phi) is 11.9. The van der Waals surface area contributed by atoms with Crippen molar-refractivity contribution < 1.29 is 27.0 Å². The molecule has 4 nitrogen and oxygen atoms in total. The van der Waals surface area contributed by atoms with Gasteiger partial charge in [0, 0.05) is 12.4 Å². The molecular formula is C34H41CuN2O2. The first-order chi connectivity index (χ1) is 18.0. The van der Waals surface area contributed by atoms with E-state index in [9.17, 15) is 9.90 Å². The molecule has 210 valence electrons. The van der Waals surface area contributed by atoms with Crippen LogP contribution in [0.4, 0.5) is 11.4 Å². The summed E-state index contributed by atoms with van der Waals surface area (Å²) < 4.78 is 0. The number of carboxylic acid groups (broad SMARTS) is 1. The van der Waals surface area contributed by atoms with Crippen LogP contribution in [-0.2, 0) is 17.1 Å². The van der Waals surface area contributed by atoms with Gasteiger partial charge in [0.05, 0.1) is 17.3 Å². The van der Waals surface area contributed by atoms with E-state index >= 15 is 0 Å². The largest absolute Gasteiger partial charge is 1.00 e. The quantitative estimate of drug-likeness (QED) is 0.269. The van der Waals surface area contributed by atoms with Crippen LogP contribution in [0, 0.1) is 6.67 Å². The Morgan fingerprint density at radius 3 is 1.18 bits per heavy atom. The molecule has 0 fully saturated rings. The summed E-state index contributed by atoms with van der Waals surface area (Å²) in [4.78, 5) is 14.5.